The van der Waals surface area contributed by atoms with Crippen molar-refractivity contribution in [1.82, 2.24) is 4.98 Å². The second kappa shape index (κ2) is 6.03. The molecule has 1 aromatic heterocycles. The summed E-state index contributed by atoms with van der Waals surface area (Å²) in [6.45, 7) is 3.50. The number of carbonyl (C=O) groups excluding carboxylic acids is 2. The van der Waals surface area contributed by atoms with Crippen molar-refractivity contribution in [3.8, 4) is 0 Å². The maximum absolute atomic E-state index is 13.5. The molecule has 0 spiro atoms. The number of pyridine rings is 1. The largest absolute Gasteiger partial charge is 0.298 e. The highest BCUT2D eigenvalue weighted by Crippen LogP contribution is 2.37. The Morgan fingerprint density at radius 2 is 1.87 bits per heavy atom. The number of rotatable bonds is 3. The first-order valence-corrected chi connectivity index (χ1v) is 7.70. The van der Waals surface area contributed by atoms with E-state index in [0.717, 1.165) is 5.69 Å². The lowest BCUT2D eigenvalue weighted by molar-refractivity contribution is -0.124. The third kappa shape index (κ3) is 2.93. The van der Waals surface area contributed by atoms with Gasteiger partial charge in [-0.25, -0.2) is 4.39 Å². The number of hydrogen-bond donors (Lipinski definition) is 0. The summed E-state index contributed by atoms with van der Waals surface area (Å²) in [7, 11) is 0. The summed E-state index contributed by atoms with van der Waals surface area (Å²) < 4.78 is 13.5. The number of carbonyl (C=O) groups is 2. The molecule has 4 heteroatoms. The smallest absolute Gasteiger partial charge is 0.151 e. The van der Waals surface area contributed by atoms with E-state index in [1.165, 1.54) is 12.1 Å². The Labute approximate surface area is 134 Å². The molecule has 0 bridgehead atoms. The van der Waals surface area contributed by atoms with Crippen LogP contribution in [0.25, 0.3) is 0 Å². The Balaban J connectivity index is 1.91. The van der Waals surface area contributed by atoms with E-state index in [-0.39, 0.29) is 29.7 Å². The van der Waals surface area contributed by atoms with E-state index in [4.69, 9.17) is 0 Å². The van der Waals surface area contributed by atoms with Gasteiger partial charge in [0.05, 0.1) is 0 Å². The van der Waals surface area contributed by atoms with Crippen molar-refractivity contribution in [3.63, 3.8) is 0 Å². The summed E-state index contributed by atoms with van der Waals surface area (Å²) in [5.41, 5.74) is 2.80. The number of Topliss-reactive ketones (excluding diaryl/α,β-unsaturated/α-hetero) is 2. The molecule has 1 fully saturated rings. The van der Waals surface area contributed by atoms with Gasteiger partial charge in [-0.2, -0.15) is 0 Å². The van der Waals surface area contributed by atoms with E-state index >= 15 is 0 Å². The molecule has 118 valence electrons. The highest BCUT2D eigenvalue weighted by atomic mass is 19.1. The molecule has 1 aliphatic rings. The maximum Gasteiger partial charge on any atom is 0.151 e. The molecular formula is C19H18FNO2. The van der Waals surface area contributed by atoms with Gasteiger partial charge in [0.1, 0.15) is 17.5 Å². The lowest BCUT2D eigenvalue weighted by Crippen LogP contribution is -2.19. The van der Waals surface area contributed by atoms with Crippen LogP contribution in [0.5, 0.6) is 0 Å². The van der Waals surface area contributed by atoms with Crippen molar-refractivity contribution in [2.75, 3.05) is 0 Å². The van der Waals surface area contributed by atoms with Crippen LogP contribution in [0.2, 0.25) is 0 Å². The number of benzene rings is 1. The molecule has 1 aromatic carbocycles. The minimum absolute atomic E-state index is 0.0709. The number of ketones is 2. The molecule has 2 unspecified atom stereocenters. The normalized spacial score (nSPS) is 21.0. The van der Waals surface area contributed by atoms with Gasteiger partial charge in [-0.05, 0) is 61.2 Å². The molecule has 23 heavy (non-hydrogen) atoms. The molecule has 0 saturated heterocycles. The highest BCUT2D eigenvalue weighted by molar-refractivity contribution is 6.15. The van der Waals surface area contributed by atoms with Gasteiger partial charge in [-0.1, -0.05) is 6.07 Å². The van der Waals surface area contributed by atoms with Crippen LogP contribution < -0.4 is 0 Å². The zero-order valence-electron chi connectivity index (χ0n) is 13.2. The molecule has 2 atom stereocenters. The molecule has 1 heterocycles. The molecule has 3 nitrogen and oxygen atoms in total. The van der Waals surface area contributed by atoms with E-state index in [1.54, 1.807) is 20.0 Å². The quantitative estimate of drug-likeness (QED) is 0.817. The number of hydrogen-bond acceptors (Lipinski definition) is 3. The zero-order valence-corrected chi connectivity index (χ0v) is 13.2. The number of nitrogens with zero attached hydrogens (tertiary/aromatic N) is 1. The molecule has 0 N–H and O–H groups in total. The number of halogens is 1. The zero-order chi connectivity index (χ0) is 16.6. The third-order valence-corrected chi connectivity index (χ3v) is 4.49. The predicted molar refractivity (Wildman–Crippen MR) is 84.7 cm³/mol. The molecule has 2 aromatic rings. The van der Waals surface area contributed by atoms with Gasteiger partial charge in [-0.15, -0.1) is 0 Å². The summed E-state index contributed by atoms with van der Waals surface area (Å²) in [4.78, 5) is 29.4. The minimum Gasteiger partial charge on any atom is -0.298 e. The Hall–Kier alpha value is -2.36. The van der Waals surface area contributed by atoms with Gasteiger partial charge in [0.25, 0.3) is 0 Å². The Kier molecular flexibility index (Phi) is 4.07. The lowest BCUT2D eigenvalue weighted by atomic mass is 9.87. The average molecular weight is 311 g/mol. The lowest BCUT2D eigenvalue weighted by Gasteiger charge is -2.15. The van der Waals surface area contributed by atoms with Crippen LogP contribution in [0.15, 0.2) is 36.5 Å². The second-order valence-corrected chi connectivity index (χ2v) is 6.18. The van der Waals surface area contributed by atoms with Crippen LogP contribution in [0, 0.1) is 25.6 Å². The van der Waals surface area contributed by atoms with Gasteiger partial charge in [0, 0.05) is 24.2 Å². The summed E-state index contributed by atoms with van der Waals surface area (Å²) in [6.07, 6.45) is 2.39. The Bertz CT molecular complexity index is 747. The fraction of sp³-hybridized carbons (Fsp3) is 0.316. The highest BCUT2D eigenvalue weighted by Gasteiger charge is 2.43. The molecule has 3 rings (SSSR count). The van der Waals surface area contributed by atoms with E-state index in [1.807, 2.05) is 18.2 Å². The average Bonchev–Trinajstić information content (AvgIpc) is 2.75. The van der Waals surface area contributed by atoms with Crippen molar-refractivity contribution < 1.29 is 14.0 Å². The van der Waals surface area contributed by atoms with Crippen molar-refractivity contribution in [2.45, 2.75) is 32.6 Å². The summed E-state index contributed by atoms with van der Waals surface area (Å²) in [5.74, 6) is -1.59. The molecule has 0 radical (unpaired) electrons. The molecule has 1 saturated carbocycles. The first-order valence-electron chi connectivity index (χ1n) is 7.70. The SMILES string of the molecule is Cc1cc(F)cc(C)c1C1C(=O)CC(Cc2ccccn2)C1=O. The van der Waals surface area contributed by atoms with Crippen molar-refractivity contribution in [3.05, 3.63) is 64.7 Å². The standard InChI is InChI=1S/C19H18FNO2/c1-11-7-14(20)8-12(2)17(11)18-16(22)10-13(19(18)23)9-15-5-3-4-6-21-15/h3-8,13,18H,9-10H2,1-2H3. The summed E-state index contributed by atoms with van der Waals surface area (Å²) in [5, 5.41) is 0. The topological polar surface area (TPSA) is 47.0 Å². The molecule has 0 amide bonds. The minimum atomic E-state index is -0.760. The van der Waals surface area contributed by atoms with Gasteiger partial charge < -0.3 is 0 Å². The third-order valence-electron chi connectivity index (χ3n) is 4.49. The first kappa shape index (κ1) is 15.5. The fourth-order valence-electron chi connectivity index (χ4n) is 3.48. The molecule has 0 aliphatic heterocycles. The van der Waals surface area contributed by atoms with E-state index < -0.39 is 5.92 Å². The van der Waals surface area contributed by atoms with Gasteiger partial charge >= 0.3 is 0 Å². The predicted octanol–water partition coefficient (Wildman–Crippen LogP) is 3.32. The van der Waals surface area contributed by atoms with Crippen LogP contribution in [0.1, 0.15) is 34.7 Å². The van der Waals surface area contributed by atoms with Crippen LogP contribution in [0.4, 0.5) is 4.39 Å². The number of aromatic nitrogens is 1. The van der Waals surface area contributed by atoms with E-state index in [0.29, 0.717) is 23.1 Å². The van der Waals surface area contributed by atoms with Crippen LogP contribution >= 0.6 is 0 Å². The maximum atomic E-state index is 13.5. The number of aryl methyl sites for hydroxylation is 2. The van der Waals surface area contributed by atoms with E-state index in [9.17, 15) is 14.0 Å². The Morgan fingerprint density at radius 1 is 1.17 bits per heavy atom. The molecule has 1 aliphatic carbocycles. The fourth-order valence-corrected chi connectivity index (χ4v) is 3.48. The van der Waals surface area contributed by atoms with Crippen LogP contribution in [0.3, 0.4) is 0 Å². The second-order valence-electron chi connectivity index (χ2n) is 6.18. The van der Waals surface area contributed by atoms with Crippen molar-refractivity contribution in [1.29, 1.82) is 0 Å². The van der Waals surface area contributed by atoms with Crippen molar-refractivity contribution >= 4 is 11.6 Å². The van der Waals surface area contributed by atoms with Crippen LogP contribution in [-0.2, 0) is 16.0 Å². The summed E-state index contributed by atoms with van der Waals surface area (Å²) in [6, 6.07) is 8.32. The molecular weight excluding hydrogens is 293 g/mol. The first-order chi connectivity index (χ1) is 11.0. The van der Waals surface area contributed by atoms with E-state index in [2.05, 4.69) is 4.98 Å². The van der Waals surface area contributed by atoms with Crippen molar-refractivity contribution in [2.24, 2.45) is 5.92 Å². The van der Waals surface area contributed by atoms with Gasteiger partial charge in [-0.3, -0.25) is 14.6 Å². The monoisotopic (exact) mass is 311 g/mol. The summed E-state index contributed by atoms with van der Waals surface area (Å²) >= 11 is 0. The van der Waals surface area contributed by atoms with Gasteiger partial charge in [0.15, 0.2) is 5.78 Å². The Morgan fingerprint density at radius 3 is 2.48 bits per heavy atom. The van der Waals surface area contributed by atoms with Crippen LogP contribution in [-0.4, -0.2) is 16.6 Å². The van der Waals surface area contributed by atoms with Gasteiger partial charge in [0.2, 0.25) is 0 Å².